The molecule has 2 aliphatic rings. The zero-order valence-electron chi connectivity index (χ0n) is 14.4. The molecule has 24 heavy (non-hydrogen) atoms. The van der Waals surface area contributed by atoms with Crippen molar-refractivity contribution in [1.82, 2.24) is 10.6 Å². The summed E-state index contributed by atoms with van der Waals surface area (Å²) in [7, 11) is 0. The number of hydrogen-bond acceptors (Lipinski definition) is 3. The summed E-state index contributed by atoms with van der Waals surface area (Å²) in [6.07, 6.45) is 2.52. The molecule has 1 unspecified atom stereocenters. The number of nitrogens with one attached hydrogen (secondary N) is 2. The van der Waals surface area contributed by atoms with E-state index in [-0.39, 0.29) is 28.1 Å². The molecule has 1 amide bonds. The number of anilines is 1. The van der Waals surface area contributed by atoms with E-state index in [2.05, 4.69) is 43.2 Å². The van der Waals surface area contributed by atoms with Gasteiger partial charge in [-0.2, -0.15) is 0 Å². The van der Waals surface area contributed by atoms with Gasteiger partial charge in [0.05, 0.1) is 0 Å². The van der Waals surface area contributed by atoms with E-state index in [1.54, 1.807) is 6.07 Å². The monoisotopic (exact) mass is 347 g/mol. The number of rotatable bonds is 2. The molecule has 1 aromatic rings. The van der Waals surface area contributed by atoms with Crippen molar-refractivity contribution in [2.24, 2.45) is 0 Å². The number of thiocarbonyl (C=S) groups is 1. The minimum atomic E-state index is -0.336. The molecule has 2 aliphatic heterocycles. The predicted molar refractivity (Wildman–Crippen MR) is 98.4 cm³/mol. The highest BCUT2D eigenvalue weighted by atomic mass is 32.1. The predicted octanol–water partition coefficient (Wildman–Crippen LogP) is 3.28. The fourth-order valence-electron chi connectivity index (χ4n) is 3.87. The molecular weight excluding hydrogens is 325 g/mol. The van der Waals surface area contributed by atoms with E-state index in [4.69, 9.17) is 12.2 Å². The van der Waals surface area contributed by atoms with E-state index >= 15 is 0 Å². The summed E-state index contributed by atoms with van der Waals surface area (Å²) < 4.78 is 14.7. The highest BCUT2D eigenvalue weighted by Gasteiger charge is 2.36. The van der Waals surface area contributed by atoms with Crippen molar-refractivity contribution < 1.29 is 9.18 Å². The Bertz CT molecular complexity index is 757. The van der Waals surface area contributed by atoms with Crippen LogP contribution < -0.4 is 15.5 Å². The third-order valence-electron chi connectivity index (χ3n) is 4.84. The minimum Gasteiger partial charge on any atom is -0.366 e. The third kappa shape index (κ3) is 2.79. The van der Waals surface area contributed by atoms with Crippen LogP contribution in [-0.4, -0.2) is 23.1 Å². The number of hydrogen-bond donors (Lipinski definition) is 2. The Hall–Kier alpha value is -1.95. The second-order valence-electron chi connectivity index (χ2n) is 7.06. The summed E-state index contributed by atoms with van der Waals surface area (Å²) in [6.45, 7) is 9.46. The number of benzene rings is 1. The summed E-state index contributed by atoms with van der Waals surface area (Å²) in [5.74, 6) is -0.347. The summed E-state index contributed by atoms with van der Waals surface area (Å²) in [4.78, 5) is 14.0. The van der Waals surface area contributed by atoms with Crippen LogP contribution in [0.3, 0.4) is 0 Å². The van der Waals surface area contributed by atoms with Crippen molar-refractivity contribution >= 4 is 35.0 Å². The van der Waals surface area contributed by atoms with Crippen LogP contribution in [0, 0.1) is 5.82 Å². The van der Waals surface area contributed by atoms with Gasteiger partial charge >= 0.3 is 0 Å². The molecular formula is C18H22FN3OS. The number of halogens is 1. The van der Waals surface area contributed by atoms with Crippen molar-refractivity contribution in [3.05, 3.63) is 34.8 Å². The van der Waals surface area contributed by atoms with Crippen molar-refractivity contribution in [1.29, 1.82) is 0 Å². The van der Waals surface area contributed by atoms with Crippen LogP contribution in [0.1, 0.15) is 51.2 Å². The average Bonchev–Trinajstić information content (AvgIpc) is 2.78. The summed E-state index contributed by atoms with van der Waals surface area (Å²) in [5, 5.41) is 5.49. The van der Waals surface area contributed by atoms with Crippen LogP contribution in [0.2, 0.25) is 0 Å². The highest BCUT2D eigenvalue weighted by Crippen LogP contribution is 2.44. The molecule has 0 bridgehead atoms. The molecule has 1 fully saturated rings. The third-order valence-corrected chi connectivity index (χ3v) is 5.04. The Labute approximate surface area is 147 Å². The lowest BCUT2D eigenvalue weighted by atomic mass is 9.79. The zero-order valence-corrected chi connectivity index (χ0v) is 15.2. The smallest absolute Gasteiger partial charge is 0.273 e. The molecule has 128 valence electrons. The lowest BCUT2D eigenvalue weighted by molar-refractivity contribution is -0.115. The molecule has 1 atom stereocenters. The van der Waals surface area contributed by atoms with Gasteiger partial charge in [0.15, 0.2) is 5.11 Å². The van der Waals surface area contributed by atoms with Gasteiger partial charge in [0.1, 0.15) is 11.5 Å². The summed E-state index contributed by atoms with van der Waals surface area (Å²) >= 11 is 4.91. The Morgan fingerprint density at radius 3 is 2.71 bits per heavy atom. The van der Waals surface area contributed by atoms with E-state index in [0.717, 1.165) is 24.2 Å². The quantitative estimate of drug-likeness (QED) is 0.637. The van der Waals surface area contributed by atoms with Crippen molar-refractivity contribution in [2.75, 3.05) is 11.4 Å². The number of amides is 1. The second kappa shape index (κ2) is 5.84. The first kappa shape index (κ1) is 16.9. The van der Waals surface area contributed by atoms with Crippen LogP contribution >= 0.6 is 12.2 Å². The van der Waals surface area contributed by atoms with E-state index in [0.29, 0.717) is 11.5 Å². The zero-order chi connectivity index (χ0) is 17.6. The average molecular weight is 347 g/mol. The molecule has 0 spiro atoms. The minimum absolute atomic E-state index is 0.00727. The SMILES string of the molecule is CCN1c2cc(F)c(/C=C3\NC(=S)NC3=O)cc2C(C)CC1(C)C. The number of fused-ring (bicyclic) bond motifs is 1. The molecule has 4 nitrogen and oxygen atoms in total. The molecule has 0 radical (unpaired) electrons. The maximum atomic E-state index is 14.7. The van der Waals surface area contributed by atoms with Gasteiger partial charge in [0.25, 0.3) is 5.91 Å². The first-order valence-electron chi connectivity index (χ1n) is 8.18. The van der Waals surface area contributed by atoms with E-state index in [1.165, 1.54) is 6.08 Å². The first-order valence-corrected chi connectivity index (χ1v) is 8.59. The molecule has 0 aliphatic carbocycles. The largest absolute Gasteiger partial charge is 0.366 e. The molecule has 2 N–H and O–H groups in total. The van der Waals surface area contributed by atoms with Gasteiger partial charge < -0.3 is 10.2 Å². The molecule has 3 rings (SSSR count). The highest BCUT2D eigenvalue weighted by molar-refractivity contribution is 7.80. The lowest BCUT2D eigenvalue weighted by Gasteiger charge is -2.47. The maximum Gasteiger partial charge on any atom is 0.273 e. The van der Waals surface area contributed by atoms with Gasteiger partial charge in [-0.15, -0.1) is 0 Å². The van der Waals surface area contributed by atoms with Gasteiger partial charge in [-0.25, -0.2) is 4.39 Å². The molecule has 1 saturated heterocycles. The van der Waals surface area contributed by atoms with Crippen LogP contribution in [0.4, 0.5) is 10.1 Å². The van der Waals surface area contributed by atoms with Crippen molar-refractivity contribution in [2.45, 2.75) is 45.6 Å². The Morgan fingerprint density at radius 2 is 2.12 bits per heavy atom. The first-order chi connectivity index (χ1) is 11.2. The van der Waals surface area contributed by atoms with Crippen LogP contribution in [-0.2, 0) is 4.79 Å². The van der Waals surface area contributed by atoms with Crippen LogP contribution in [0.25, 0.3) is 6.08 Å². The van der Waals surface area contributed by atoms with Gasteiger partial charge in [0.2, 0.25) is 0 Å². The molecule has 0 saturated carbocycles. The van der Waals surface area contributed by atoms with Crippen LogP contribution in [0.15, 0.2) is 17.8 Å². The van der Waals surface area contributed by atoms with E-state index in [1.807, 2.05) is 6.07 Å². The maximum absolute atomic E-state index is 14.7. The number of carbonyl (C=O) groups is 1. The topological polar surface area (TPSA) is 44.4 Å². The van der Waals surface area contributed by atoms with E-state index < -0.39 is 0 Å². The Kier molecular flexibility index (Phi) is 4.11. The summed E-state index contributed by atoms with van der Waals surface area (Å²) in [6, 6.07) is 3.45. The molecule has 2 heterocycles. The Morgan fingerprint density at radius 1 is 1.42 bits per heavy atom. The second-order valence-corrected chi connectivity index (χ2v) is 7.47. The normalized spacial score (nSPS) is 24.0. The molecule has 0 aromatic heterocycles. The fourth-order valence-corrected chi connectivity index (χ4v) is 4.07. The van der Waals surface area contributed by atoms with Gasteiger partial charge in [0, 0.05) is 23.3 Å². The lowest BCUT2D eigenvalue weighted by Crippen LogP contribution is -2.48. The van der Waals surface area contributed by atoms with Crippen LogP contribution in [0.5, 0.6) is 0 Å². The van der Waals surface area contributed by atoms with Crippen molar-refractivity contribution in [3.63, 3.8) is 0 Å². The van der Waals surface area contributed by atoms with Gasteiger partial charge in [-0.3, -0.25) is 10.1 Å². The summed E-state index contributed by atoms with van der Waals surface area (Å²) in [5.41, 5.74) is 2.73. The van der Waals surface area contributed by atoms with Crippen molar-refractivity contribution in [3.8, 4) is 0 Å². The molecule has 1 aromatic carbocycles. The number of nitrogens with zero attached hydrogens (tertiary/aromatic N) is 1. The molecule has 6 heteroatoms. The van der Waals surface area contributed by atoms with Gasteiger partial charge in [-0.05, 0) is 69.1 Å². The van der Waals surface area contributed by atoms with Gasteiger partial charge in [-0.1, -0.05) is 6.92 Å². The fraction of sp³-hybridized carbons (Fsp3) is 0.444. The number of carbonyl (C=O) groups excluding carboxylic acids is 1. The van der Waals surface area contributed by atoms with E-state index in [9.17, 15) is 9.18 Å². The Balaban J connectivity index is 2.08. The standard InChI is InChI=1S/C18H22FN3OS/c1-5-22-15-8-13(19)11(7-14-16(23)21-17(24)20-14)6-12(15)10(2)9-18(22,3)4/h6-8,10H,5,9H2,1-4H3,(H2,20,21,23,24)/b14-7-.